The predicted octanol–water partition coefficient (Wildman–Crippen LogP) is 1.93. The maximum absolute atomic E-state index is 11.5. The summed E-state index contributed by atoms with van der Waals surface area (Å²) in [6.45, 7) is 4.65. The van der Waals surface area contributed by atoms with E-state index in [0.717, 1.165) is 0 Å². The van der Waals surface area contributed by atoms with Crippen LogP contribution in [-0.4, -0.2) is 22.8 Å². The quantitative estimate of drug-likeness (QED) is 0.640. The molecule has 22 heavy (non-hydrogen) atoms. The molecule has 0 bridgehead atoms. The van der Waals surface area contributed by atoms with Crippen LogP contribution >= 0.6 is 0 Å². The highest BCUT2D eigenvalue weighted by atomic mass is 16.6. The summed E-state index contributed by atoms with van der Waals surface area (Å²) < 4.78 is 16.3. The van der Waals surface area contributed by atoms with Crippen molar-refractivity contribution in [3.63, 3.8) is 0 Å². The Morgan fingerprint density at radius 1 is 1.27 bits per heavy atom. The number of hydrogen-bond acceptors (Lipinski definition) is 6. The van der Waals surface area contributed by atoms with E-state index in [1.807, 2.05) is 0 Å². The van der Waals surface area contributed by atoms with Gasteiger partial charge in [0.15, 0.2) is 6.10 Å². The Hall–Kier alpha value is -2.34. The molecule has 0 radical (unpaired) electrons. The lowest BCUT2D eigenvalue weighted by Crippen LogP contribution is -2.49. The van der Waals surface area contributed by atoms with Gasteiger partial charge in [-0.25, -0.2) is 4.79 Å². The molecule has 2 atom stereocenters. The summed E-state index contributed by atoms with van der Waals surface area (Å²) in [5.74, 6) is -0.119. The van der Waals surface area contributed by atoms with Crippen molar-refractivity contribution in [3.8, 4) is 5.75 Å². The first kappa shape index (κ1) is 14.6. The molecule has 0 saturated carbocycles. The second kappa shape index (κ2) is 4.84. The molecular formula is C16H16O6. The van der Waals surface area contributed by atoms with Crippen molar-refractivity contribution < 1.29 is 23.8 Å². The number of esters is 1. The van der Waals surface area contributed by atoms with Crippen LogP contribution < -0.4 is 10.4 Å². The van der Waals surface area contributed by atoms with E-state index in [-0.39, 0.29) is 5.58 Å². The maximum atomic E-state index is 11.5. The van der Waals surface area contributed by atoms with E-state index < -0.39 is 29.4 Å². The summed E-state index contributed by atoms with van der Waals surface area (Å²) in [7, 11) is 0. The lowest BCUT2D eigenvalue weighted by atomic mass is 9.87. The number of carbonyl (C=O) groups is 1. The Kier molecular flexibility index (Phi) is 3.21. The fourth-order valence-corrected chi connectivity index (χ4v) is 2.66. The Balaban J connectivity index is 2.30. The lowest BCUT2D eigenvalue weighted by Gasteiger charge is -2.41. The SMILES string of the molecule is CC(=O)O[C@H]1c2c(ccc3ccc(=O)oc23)OC(C)(C)[C@H]1O. The third-order valence-electron chi connectivity index (χ3n) is 3.74. The fraction of sp³-hybridized carbons (Fsp3) is 0.375. The molecule has 1 aromatic heterocycles. The molecule has 1 aromatic carbocycles. The van der Waals surface area contributed by atoms with E-state index >= 15 is 0 Å². The van der Waals surface area contributed by atoms with Crippen LogP contribution in [0.25, 0.3) is 11.0 Å². The first-order chi connectivity index (χ1) is 10.3. The minimum atomic E-state index is -1.10. The number of fused-ring (bicyclic) bond motifs is 3. The maximum Gasteiger partial charge on any atom is 0.336 e. The van der Waals surface area contributed by atoms with E-state index in [4.69, 9.17) is 13.9 Å². The first-order valence-electron chi connectivity index (χ1n) is 6.90. The molecule has 0 spiro atoms. The van der Waals surface area contributed by atoms with E-state index in [0.29, 0.717) is 16.7 Å². The Morgan fingerprint density at radius 2 is 1.95 bits per heavy atom. The van der Waals surface area contributed by atoms with Crippen LogP contribution in [0.15, 0.2) is 33.5 Å². The van der Waals surface area contributed by atoms with Gasteiger partial charge >= 0.3 is 11.6 Å². The molecule has 1 N–H and O–H groups in total. The molecule has 6 nitrogen and oxygen atoms in total. The first-order valence-corrected chi connectivity index (χ1v) is 6.90. The summed E-state index contributed by atoms with van der Waals surface area (Å²) in [6, 6.07) is 6.37. The van der Waals surface area contributed by atoms with E-state index in [1.165, 1.54) is 13.0 Å². The third-order valence-corrected chi connectivity index (χ3v) is 3.74. The normalized spacial score (nSPS) is 22.7. The van der Waals surface area contributed by atoms with Crippen LogP contribution in [0.1, 0.15) is 32.4 Å². The minimum Gasteiger partial charge on any atom is -0.484 e. The van der Waals surface area contributed by atoms with Crippen molar-refractivity contribution in [2.75, 3.05) is 0 Å². The Bertz CT molecular complexity index is 804. The summed E-state index contributed by atoms with van der Waals surface area (Å²) in [6.07, 6.45) is -2.06. The standard InChI is InChI=1S/C16H16O6/c1-8(17)20-14-12-10(22-16(2,3)15(14)19)6-4-9-5-7-11(18)21-13(9)12/h4-7,14-15,19H,1-3H3/t14-,15-/m0/s1. The van der Waals surface area contributed by atoms with Crippen LogP contribution in [0, 0.1) is 0 Å². The van der Waals surface area contributed by atoms with Crippen molar-refractivity contribution in [1.29, 1.82) is 0 Å². The van der Waals surface area contributed by atoms with Gasteiger partial charge in [0.25, 0.3) is 0 Å². The van der Waals surface area contributed by atoms with Crippen LogP contribution in [0.5, 0.6) is 5.75 Å². The van der Waals surface area contributed by atoms with E-state index in [9.17, 15) is 14.7 Å². The smallest absolute Gasteiger partial charge is 0.336 e. The summed E-state index contributed by atoms with van der Waals surface area (Å²) >= 11 is 0. The molecule has 0 unspecified atom stereocenters. The van der Waals surface area contributed by atoms with Gasteiger partial charge in [-0.15, -0.1) is 0 Å². The number of benzene rings is 1. The number of rotatable bonds is 1. The molecule has 2 heterocycles. The van der Waals surface area contributed by atoms with Crippen molar-refractivity contribution in [2.24, 2.45) is 0 Å². The molecule has 0 amide bonds. The van der Waals surface area contributed by atoms with Crippen LogP contribution in [-0.2, 0) is 9.53 Å². The zero-order valence-corrected chi connectivity index (χ0v) is 12.5. The molecule has 0 aliphatic carbocycles. The highest BCUT2D eigenvalue weighted by Gasteiger charge is 2.46. The molecular weight excluding hydrogens is 288 g/mol. The van der Waals surface area contributed by atoms with Gasteiger partial charge in [-0.05, 0) is 32.0 Å². The Morgan fingerprint density at radius 3 is 2.64 bits per heavy atom. The molecule has 0 fully saturated rings. The molecule has 2 aromatic rings. The van der Waals surface area contributed by atoms with Gasteiger partial charge in [-0.2, -0.15) is 0 Å². The van der Waals surface area contributed by atoms with Gasteiger partial charge in [0.05, 0.1) is 5.56 Å². The zero-order valence-electron chi connectivity index (χ0n) is 12.5. The average molecular weight is 304 g/mol. The minimum absolute atomic E-state index is 0.255. The molecule has 116 valence electrons. The van der Waals surface area contributed by atoms with Crippen molar-refractivity contribution in [1.82, 2.24) is 0 Å². The lowest BCUT2D eigenvalue weighted by molar-refractivity contribution is -0.167. The number of aliphatic hydroxyl groups excluding tert-OH is 1. The molecule has 1 aliphatic heterocycles. The van der Waals surface area contributed by atoms with Gasteiger partial charge in [0, 0.05) is 18.4 Å². The molecule has 6 heteroatoms. The third kappa shape index (κ3) is 2.25. The van der Waals surface area contributed by atoms with Gasteiger partial charge in [0.2, 0.25) is 0 Å². The van der Waals surface area contributed by atoms with Gasteiger partial charge in [-0.3, -0.25) is 4.79 Å². The Labute approximate surface area is 126 Å². The summed E-state index contributed by atoms with van der Waals surface area (Å²) in [5, 5.41) is 11.2. The highest BCUT2D eigenvalue weighted by Crippen LogP contribution is 2.44. The van der Waals surface area contributed by atoms with Gasteiger partial charge in [0.1, 0.15) is 23.0 Å². The number of carbonyl (C=O) groups excluding carboxylic acids is 1. The predicted molar refractivity (Wildman–Crippen MR) is 77.7 cm³/mol. The second-order valence-electron chi connectivity index (χ2n) is 5.83. The monoisotopic (exact) mass is 304 g/mol. The second-order valence-corrected chi connectivity index (χ2v) is 5.83. The highest BCUT2D eigenvalue weighted by molar-refractivity contribution is 5.83. The van der Waals surface area contributed by atoms with Crippen LogP contribution in [0.3, 0.4) is 0 Å². The topological polar surface area (TPSA) is 86.0 Å². The van der Waals surface area contributed by atoms with Crippen LogP contribution in [0.2, 0.25) is 0 Å². The van der Waals surface area contributed by atoms with E-state index in [2.05, 4.69) is 0 Å². The fourth-order valence-electron chi connectivity index (χ4n) is 2.66. The van der Waals surface area contributed by atoms with Crippen molar-refractivity contribution in [3.05, 3.63) is 40.2 Å². The molecule has 1 aliphatic rings. The van der Waals surface area contributed by atoms with Gasteiger partial charge in [-0.1, -0.05) is 0 Å². The van der Waals surface area contributed by atoms with Crippen molar-refractivity contribution >= 4 is 16.9 Å². The van der Waals surface area contributed by atoms with Gasteiger partial charge < -0.3 is 19.0 Å². The van der Waals surface area contributed by atoms with Crippen molar-refractivity contribution in [2.45, 2.75) is 38.6 Å². The number of hydrogen-bond donors (Lipinski definition) is 1. The average Bonchev–Trinajstić information content (AvgIpc) is 2.42. The molecule has 3 rings (SSSR count). The number of aliphatic hydroxyl groups is 1. The van der Waals surface area contributed by atoms with Crippen LogP contribution in [0.4, 0.5) is 0 Å². The zero-order chi connectivity index (χ0) is 16.1. The summed E-state index contributed by atoms with van der Waals surface area (Å²) in [5.41, 5.74) is -0.847. The van der Waals surface area contributed by atoms with E-state index in [1.54, 1.807) is 32.0 Å². The largest absolute Gasteiger partial charge is 0.484 e. The molecule has 0 saturated heterocycles. The summed E-state index contributed by atoms with van der Waals surface area (Å²) in [4.78, 5) is 22.9. The number of ether oxygens (including phenoxy) is 2.